The largest absolute Gasteiger partial charge is 0.309 e. The predicted molar refractivity (Wildman–Crippen MR) is 349 cm³/mol. The van der Waals surface area contributed by atoms with Crippen molar-refractivity contribution in [3.05, 3.63) is 322 Å². The number of hydrogen-bond acceptors (Lipinski definition) is 0. The minimum absolute atomic E-state index is 1.09. The van der Waals surface area contributed by atoms with Gasteiger partial charge in [-0.2, -0.15) is 0 Å². The molecule has 0 unspecified atom stereocenters. The number of para-hydroxylation sites is 4. The summed E-state index contributed by atoms with van der Waals surface area (Å²) in [5.41, 5.74) is 17.4. The van der Waals surface area contributed by atoms with Crippen molar-refractivity contribution in [1.29, 1.82) is 0 Å². The molecule has 0 radical (unpaired) electrons. The van der Waals surface area contributed by atoms with E-state index in [4.69, 9.17) is 0 Å². The molecular formula is C78H53N3Si. The second kappa shape index (κ2) is 19.4. The molecule has 0 aliphatic rings. The zero-order chi connectivity index (χ0) is 54.1. The molecule has 3 aromatic heterocycles. The summed E-state index contributed by atoms with van der Waals surface area (Å²) in [7, 11) is -2.69. The molecular weight excluding hydrogens is 1010 g/mol. The Morgan fingerprint density at radius 1 is 0.171 bits per heavy atom. The highest BCUT2D eigenvalue weighted by molar-refractivity contribution is 7.19. The summed E-state index contributed by atoms with van der Waals surface area (Å²) in [6.07, 6.45) is 0. The molecule has 0 saturated carbocycles. The first-order valence-corrected chi connectivity index (χ1v) is 30.3. The molecule has 82 heavy (non-hydrogen) atoms. The topological polar surface area (TPSA) is 14.8 Å². The van der Waals surface area contributed by atoms with Gasteiger partial charge in [0.05, 0.1) is 33.1 Å². The van der Waals surface area contributed by atoms with Gasteiger partial charge in [-0.1, -0.05) is 243 Å². The molecule has 0 aliphatic carbocycles. The van der Waals surface area contributed by atoms with E-state index in [1.165, 1.54) is 97.4 Å². The van der Waals surface area contributed by atoms with E-state index in [-0.39, 0.29) is 0 Å². The average molecular weight is 1060 g/mol. The Balaban J connectivity index is 0.869. The van der Waals surface area contributed by atoms with Crippen molar-refractivity contribution in [2.45, 2.75) is 0 Å². The maximum Gasteiger partial charge on any atom is 0.179 e. The van der Waals surface area contributed by atoms with Gasteiger partial charge in [0.15, 0.2) is 8.07 Å². The van der Waals surface area contributed by atoms with Crippen LogP contribution in [0, 0.1) is 0 Å². The van der Waals surface area contributed by atoms with Gasteiger partial charge in [-0.05, 0) is 133 Å². The molecule has 16 aromatic rings. The van der Waals surface area contributed by atoms with Crippen LogP contribution >= 0.6 is 0 Å². The molecule has 0 amide bonds. The summed E-state index contributed by atoms with van der Waals surface area (Å²) < 4.78 is 7.39. The van der Waals surface area contributed by atoms with Crippen LogP contribution in [0.15, 0.2) is 322 Å². The summed E-state index contributed by atoms with van der Waals surface area (Å²) in [5.74, 6) is 0. The predicted octanol–water partition coefficient (Wildman–Crippen LogP) is 17.4. The highest BCUT2D eigenvalue weighted by atomic mass is 28.3. The second-order valence-electron chi connectivity index (χ2n) is 21.6. The van der Waals surface area contributed by atoms with E-state index in [1.54, 1.807) is 0 Å². The Hall–Kier alpha value is -10.5. The second-order valence-corrected chi connectivity index (χ2v) is 25.4. The Bertz CT molecular complexity index is 4920. The van der Waals surface area contributed by atoms with Crippen LogP contribution in [0.1, 0.15) is 0 Å². The van der Waals surface area contributed by atoms with E-state index in [2.05, 4.69) is 335 Å². The van der Waals surface area contributed by atoms with Crippen molar-refractivity contribution < 1.29 is 0 Å². The zero-order valence-electron chi connectivity index (χ0n) is 44.9. The normalized spacial score (nSPS) is 11.9. The molecule has 0 spiro atoms. The first-order chi connectivity index (χ1) is 40.7. The van der Waals surface area contributed by atoms with E-state index in [0.29, 0.717) is 0 Å². The van der Waals surface area contributed by atoms with Crippen molar-refractivity contribution in [2.75, 3.05) is 0 Å². The molecule has 0 N–H and O–H groups in total. The van der Waals surface area contributed by atoms with Crippen LogP contribution in [-0.4, -0.2) is 21.8 Å². The van der Waals surface area contributed by atoms with Gasteiger partial charge in [0.2, 0.25) is 0 Å². The third-order valence-corrected chi connectivity index (χ3v) is 22.0. The average Bonchev–Trinajstić information content (AvgIpc) is 4.38. The van der Waals surface area contributed by atoms with E-state index < -0.39 is 8.07 Å². The van der Waals surface area contributed by atoms with Gasteiger partial charge in [-0.3, -0.25) is 0 Å². The highest BCUT2D eigenvalue weighted by Gasteiger charge is 2.41. The van der Waals surface area contributed by atoms with Gasteiger partial charge in [0.1, 0.15) is 0 Å². The van der Waals surface area contributed by atoms with Crippen molar-refractivity contribution in [1.82, 2.24) is 13.7 Å². The summed E-state index contributed by atoms with van der Waals surface area (Å²) in [6, 6.07) is 119. The molecule has 0 saturated heterocycles. The zero-order valence-corrected chi connectivity index (χ0v) is 45.9. The Morgan fingerprint density at radius 3 is 1.00 bits per heavy atom. The molecule has 0 aliphatic heterocycles. The Labute approximate surface area is 477 Å². The smallest absolute Gasteiger partial charge is 0.179 e. The third-order valence-electron chi connectivity index (χ3n) is 17.2. The van der Waals surface area contributed by atoms with Gasteiger partial charge < -0.3 is 13.7 Å². The van der Waals surface area contributed by atoms with Crippen molar-refractivity contribution in [3.63, 3.8) is 0 Å². The maximum atomic E-state index is 2.48. The first kappa shape index (κ1) is 47.5. The van der Waals surface area contributed by atoms with Crippen molar-refractivity contribution >= 4 is 94.2 Å². The lowest BCUT2D eigenvalue weighted by Crippen LogP contribution is -2.74. The lowest BCUT2D eigenvalue weighted by molar-refractivity contribution is 1.13. The monoisotopic (exact) mass is 1060 g/mol. The Morgan fingerprint density at radius 2 is 0.500 bits per heavy atom. The van der Waals surface area contributed by atoms with Crippen LogP contribution in [0.25, 0.3) is 116 Å². The van der Waals surface area contributed by atoms with Crippen LogP contribution in [0.4, 0.5) is 0 Å². The number of fused-ring (bicyclic) bond motifs is 9. The van der Waals surface area contributed by atoms with E-state index in [0.717, 1.165) is 39.2 Å². The van der Waals surface area contributed by atoms with Crippen LogP contribution < -0.4 is 20.7 Å². The number of benzene rings is 13. The van der Waals surface area contributed by atoms with Gasteiger partial charge in [-0.15, -0.1) is 0 Å². The summed E-state index contributed by atoms with van der Waals surface area (Å²) in [4.78, 5) is 0. The van der Waals surface area contributed by atoms with Gasteiger partial charge in [0.25, 0.3) is 0 Å². The fraction of sp³-hybridized carbons (Fsp3) is 0. The Kier molecular flexibility index (Phi) is 11.2. The van der Waals surface area contributed by atoms with Gasteiger partial charge in [-0.25, -0.2) is 0 Å². The number of rotatable bonds is 10. The molecule has 0 fully saturated rings. The minimum Gasteiger partial charge on any atom is -0.309 e. The standard InChI is InChI=1S/C78H53N3Si/c1-5-22-54(23-6-1)58-42-46-77-71(51-58)69-34-15-19-38-75(69)79(77)60-43-47-78-72(53-60)70-35-16-20-39-76(70)81(78)62-50-59(49-61(52-62)80-73-36-17-13-32-67(73)68-33-14-18-37-74(68)80)57-25-21-24-56(48-57)55-40-44-66(45-41-55)82(63-26-7-2-8-27-63,64-28-9-3-10-29-64)65-30-11-4-12-31-65/h1-53H. The lowest BCUT2D eigenvalue weighted by Gasteiger charge is -2.34. The van der Waals surface area contributed by atoms with Crippen LogP contribution in [-0.2, 0) is 0 Å². The molecule has 0 atom stereocenters. The molecule has 384 valence electrons. The summed E-state index contributed by atoms with van der Waals surface area (Å²) >= 11 is 0. The van der Waals surface area contributed by atoms with Crippen molar-refractivity contribution in [3.8, 4) is 50.4 Å². The fourth-order valence-electron chi connectivity index (χ4n) is 13.5. The fourth-order valence-corrected chi connectivity index (χ4v) is 18.3. The molecule has 13 aromatic carbocycles. The lowest BCUT2D eigenvalue weighted by atomic mass is 9.98. The van der Waals surface area contributed by atoms with Crippen LogP contribution in [0.3, 0.4) is 0 Å². The molecule has 0 bridgehead atoms. The van der Waals surface area contributed by atoms with Crippen LogP contribution in [0.2, 0.25) is 0 Å². The summed E-state index contributed by atoms with van der Waals surface area (Å²) in [5, 5.41) is 12.8. The highest BCUT2D eigenvalue weighted by Crippen LogP contribution is 2.41. The quantitative estimate of drug-likeness (QED) is 0.0958. The van der Waals surface area contributed by atoms with Crippen LogP contribution in [0.5, 0.6) is 0 Å². The molecule has 16 rings (SSSR count). The minimum atomic E-state index is -2.69. The van der Waals surface area contributed by atoms with E-state index in [1.807, 2.05) is 0 Å². The maximum absolute atomic E-state index is 2.69. The number of hydrogen-bond donors (Lipinski definition) is 0. The molecule has 4 heteroatoms. The number of nitrogens with zero attached hydrogens (tertiary/aromatic N) is 3. The number of aromatic nitrogens is 3. The van der Waals surface area contributed by atoms with E-state index in [9.17, 15) is 0 Å². The SMILES string of the molecule is c1ccc(-c2ccc3c(c2)c2ccccc2n3-c2ccc3c(c2)c2ccccc2n3-c2cc(-c3cccc(-c4ccc([Si](c5ccccc5)(c5ccccc5)c5ccccc5)cc4)c3)cc(-n3c4ccccc4c4ccccc43)c2)cc1. The first-order valence-electron chi connectivity index (χ1n) is 28.3. The third kappa shape index (κ3) is 7.57. The molecule has 3 nitrogen and oxygen atoms in total. The van der Waals surface area contributed by atoms with Crippen molar-refractivity contribution in [2.24, 2.45) is 0 Å². The van der Waals surface area contributed by atoms with Gasteiger partial charge >= 0.3 is 0 Å². The summed E-state index contributed by atoms with van der Waals surface area (Å²) in [6.45, 7) is 0. The van der Waals surface area contributed by atoms with E-state index >= 15 is 0 Å². The molecule has 3 heterocycles. The van der Waals surface area contributed by atoms with Gasteiger partial charge in [0, 0.05) is 49.4 Å².